The Balaban J connectivity index is 1.65. The van der Waals surface area contributed by atoms with E-state index in [9.17, 15) is 17.6 Å². The molecule has 4 rings (SSSR count). The number of anilines is 1. The van der Waals surface area contributed by atoms with Crippen molar-refractivity contribution < 1.29 is 17.6 Å². The van der Waals surface area contributed by atoms with Crippen LogP contribution in [0, 0.1) is 11.6 Å². The summed E-state index contributed by atoms with van der Waals surface area (Å²) < 4.78 is 55.9. The fourth-order valence-corrected chi connectivity index (χ4v) is 3.93. The highest BCUT2D eigenvalue weighted by Crippen LogP contribution is 2.33. The van der Waals surface area contributed by atoms with Gasteiger partial charge in [-0.1, -0.05) is 6.92 Å². The van der Waals surface area contributed by atoms with Crippen LogP contribution in [0.2, 0.25) is 0 Å². The molecule has 0 saturated carbocycles. The predicted octanol–water partition coefficient (Wildman–Crippen LogP) is 4.61. The average Bonchev–Trinajstić information content (AvgIpc) is 3.35. The standard InChI is InChI=1S/C21H22F4N6/c1-11(5-18(24)25)20-15(6-14(22)7-17(20)23)12(2)29-19-3-4-31-21(30-19)16(10-28-31)13-8-26-27-9-13/h3-4,6-8,10-13,18,27H,5,9H2,1-2H3,(H,29,30). The summed E-state index contributed by atoms with van der Waals surface area (Å²) >= 11 is 0. The summed E-state index contributed by atoms with van der Waals surface area (Å²) in [4.78, 5) is 4.61. The molecule has 2 aromatic heterocycles. The van der Waals surface area contributed by atoms with Crippen LogP contribution in [0.5, 0.6) is 0 Å². The minimum Gasteiger partial charge on any atom is -0.363 e. The number of hydrazone groups is 1. The van der Waals surface area contributed by atoms with Gasteiger partial charge >= 0.3 is 0 Å². The Morgan fingerprint density at radius 2 is 2.06 bits per heavy atom. The Morgan fingerprint density at radius 3 is 2.77 bits per heavy atom. The zero-order valence-corrected chi connectivity index (χ0v) is 17.0. The van der Waals surface area contributed by atoms with Crippen LogP contribution >= 0.6 is 0 Å². The number of halogens is 4. The van der Waals surface area contributed by atoms with Crippen LogP contribution in [-0.2, 0) is 0 Å². The predicted molar refractivity (Wildman–Crippen MR) is 110 cm³/mol. The van der Waals surface area contributed by atoms with Gasteiger partial charge < -0.3 is 10.7 Å². The van der Waals surface area contributed by atoms with Crippen LogP contribution in [0.3, 0.4) is 0 Å². The van der Waals surface area contributed by atoms with Crippen molar-refractivity contribution in [3.63, 3.8) is 0 Å². The summed E-state index contributed by atoms with van der Waals surface area (Å²) in [6.07, 6.45) is 2.14. The maximum absolute atomic E-state index is 14.5. The van der Waals surface area contributed by atoms with Crippen molar-refractivity contribution in [3.8, 4) is 0 Å². The zero-order valence-electron chi connectivity index (χ0n) is 17.0. The molecule has 1 aliphatic heterocycles. The quantitative estimate of drug-likeness (QED) is 0.533. The molecule has 0 spiro atoms. The lowest BCUT2D eigenvalue weighted by Gasteiger charge is -2.23. The second-order valence-electron chi connectivity index (χ2n) is 7.71. The molecule has 0 saturated heterocycles. The van der Waals surface area contributed by atoms with Crippen LogP contribution in [0.1, 0.15) is 54.8 Å². The minimum absolute atomic E-state index is 0.0387. The number of hydrogen-bond donors (Lipinski definition) is 2. The fourth-order valence-electron chi connectivity index (χ4n) is 3.93. The van der Waals surface area contributed by atoms with E-state index in [1.807, 2.05) is 0 Å². The number of rotatable bonds is 7. The molecule has 0 bridgehead atoms. The van der Waals surface area contributed by atoms with Gasteiger partial charge in [-0.2, -0.15) is 10.2 Å². The maximum atomic E-state index is 14.5. The van der Waals surface area contributed by atoms with Crippen LogP contribution in [0.25, 0.3) is 5.65 Å². The molecular formula is C21H22F4N6. The Morgan fingerprint density at radius 1 is 1.26 bits per heavy atom. The van der Waals surface area contributed by atoms with Gasteiger partial charge in [-0.15, -0.1) is 0 Å². The highest BCUT2D eigenvalue weighted by molar-refractivity contribution is 5.73. The van der Waals surface area contributed by atoms with E-state index in [0.717, 1.165) is 11.6 Å². The summed E-state index contributed by atoms with van der Waals surface area (Å²) in [6.45, 7) is 3.87. The van der Waals surface area contributed by atoms with E-state index < -0.39 is 36.4 Å². The van der Waals surface area contributed by atoms with Crippen molar-refractivity contribution >= 4 is 17.7 Å². The lowest BCUT2D eigenvalue weighted by atomic mass is 9.89. The number of fused-ring (bicyclic) bond motifs is 1. The van der Waals surface area contributed by atoms with Crippen LogP contribution in [0.15, 0.2) is 35.7 Å². The van der Waals surface area contributed by atoms with Gasteiger partial charge in [0.25, 0.3) is 0 Å². The van der Waals surface area contributed by atoms with E-state index in [1.165, 1.54) is 13.0 Å². The van der Waals surface area contributed by atoms with E-state index in [4.69, 9.17) is 0 Å². The van der Waals surface area contributed by atoms with Gasteiger partial charge in [-0.3, -0.25) is 0 Å². The summed E-state index contributed by atoms with van der Waals surface area (Å²) in [5.74, 6) is -1.85. The first-order chi connectivity index (χ1) is 14.8. The van der Waals surface area contributed by atoms with Crippen LogP contribution in [-0.4, -0.2) is 33.8 Å². The SMILES string of the molecule is CC(CC(F)F)c1c(F)cc(F)cc1C(C)Nc1ccn2ncc(C3C=NNC3)c2n1. The van der Waals surface area contributed by atoms with Gasteiger partial charge in [-0.05, 0) is 36.1 Å². The zero-order chi connectivity index (χ0) is 22.1. The first-order valence-electron chi connectivity index (χ1n) is 9.97. The molecule has 0 fully saturated rings. The number of aromatic nitrogens is 3. The van der Waals surface area contributed by atoms with E-state index in [0.29, 0.717) is 18.0 Å². The van der Waals surface area contributed by atoms with Crippen LogP contribution < -0.4 is 10.7 Å². The van der Waals surface area contributed by atoms with Crippen LogP contribution in [0.4, 0.5) is 23.4 Å². The number of hydrogen-bond acceptors (Lipinski definition) is 5. The molecule has 3 unspecified atom stereocenters. The molecular weight excluding hydrogens is 412 g/mol. The number of nitrogens with one attached hydrogen (secondary N) is 2. The molecule has 1 aliphatic rings. The molecule has 0 radical (unpaired) electrons. The smallest absolute Gasteiger partial charge is 0.239 e. The molecule has 164 valence electrons. The summed E-state index contributed by atoms with van der Waals surface area (Å²) in [6, 6.07) is 3.03. The number of nitrogens with zero attached hydrogens (tertiary/aromatic N) is 4. The molecule has 3 heterocycles. The lowest BCUT2D eigenvalue weighted by Crippen LogP contribution is -2.15. The largest absolute Gasteiger partial charge is 0.363 e. The highest BCUT2D eigenvalue weighted by Gasteiger charge is 2.24. The molecule has 2 N–H and O–H groups in total. The Kier molecular flexibility index (Phi) is 5.79. The normalized spacial score (nSPS) is 17.8. The summed E-state index contributed by atoms with van der Waals surface area (Å²) in [7, 11) is 0. The Labute approximate surface area is 176 Å². The van der Waals surface area contributed by atoms with E-state index in [2.05, 4.69) is 25.9 Å². The maximum Gasteiger partial charge on any atom is 0.239 e. The molecule has 3 aromatic rings. The molecule has 31 heavy (non-hydrogen) atoms. The van der Waals surface area contributed by atoms with Crippen molar-refractivity contribution in [1.82, 2.24) is 20.0 Å². The third-order valence-corrected chi connectivity index (χ3v) is 5.43. The Bertz CT molecular complexity index is 1110. The highest BCUT2D eigenvalue weighted by atomic mass is 19.3. The van der Waals surface area contributed by atoms with E-state index in [1.54, 1.807) is 36.1 Å². The monoisotopic (exact) mass is 434 g/mol. The average molecular weight is 434 g/mol. The van der Waals surface area contributed by atoms with Gasteiger partial charge in [0.1, 0.15) is 17.5 Å². The molecule has 3 atom stereocenters. The van der Waals surface area contributed by atoms with Crippen molar-refractivity contribution in [1.29, 1.82) is 0 Å². The Hall–Kier alpha value is -3.17. The molecule has 0 amide bonds. The van der Waals surface area contributed by atoms with Crippen molar-refractivity contribution in [2.75, 3.05) is 11.9 Å². The van der Waals surface area contributed by atoms with Crippen molar-refractivity contribution in [2.24, 2.45) is 5.10 Å². The van der Waals surface area contributed by atoms with Gasteiger partial charge in [-0.25, -0.2) is 27.1 Å². The van der Waals surface area contributed by atoms with Gasteiger partial charge in [0.15, 0.2) is 5.65 Å². The second-order valence-corrected chi connectivity index (χ2v) is 7.71. The minimum atomic E-state index is -2.59. The first kappa shape index (κ1) is 21.1. The topological polar surface area (TPSA) is 66.6 Å². The number of benzene rings is 1. The van der Waals surface area contributed by atoms with Gasteiger partial charge in [0.05, 0.1) is 12.2 Å². The van der Waals surface area contributed by atoms with E-state index in [-0.39, 0.29) is 17.0 Å². The van der Waals surface area contributed by atoms with Gasteiger partial charge in [0, 0.05) is 42.9 Å². The molecule has 0 aliphatic carbocycles. The van der Waals surface area contributed by atoms with Crippen molar-refractivity contribution in [3.05, 3.63) is 58.9 Å². The molecule has 1 aromatic carbocycles. The van der Waals surface area contributed by atoms with E-state index >= 15 is 0 Å². The second kappa shape index (κ2) is 8.52. The third-order valence-electron chi connectivity index (χ3n) is 5.43. The third kappa shape index (κ3) is 4.33. The van der Waals surface area contributed by atoms with Gasteiger partial charge in [0.2, 0.25) is 6.43 Å². The number of alkyl halides is 2. The lowest BCUT2D eigenvalue weighted by molar-refractivity contribution is 0.129. The fraction of sp³-hybridized carbons (Fsp3) is 0.381. The summed E-state index contributed by atoms with van der Waals surface area (Å²) in [5, 5.41) is 11.5. The molecule has 10 heteroatoms. The summed E-state index contributed by atoms with van der Waals surface area (Å²) in [5.41, 5.74) is 4.80. The van der Waals surface area contributed by atoms with Crippen molar-refractivity contribution in [2.45, 2.75) is 44.6 Å². The molecule has 6 nitrogen and oxygen atoms in total. The first-order valence-corrected chi connectivity index (χ1v) is 9.97.